The molecule has 0 bridgehead atoms. The van der Waals surface area contributed by atoms with Gasteiger partial charge in [-0.3, -0.25) is 4.79 Å². The third-order valence-corrected chi connectivity index (χ3v) is 4.01. The number of aliphatic hydroxyl groups is 1. The molecule has 5 nitrogen and oxygen atoms in total. The molecule has 0 aliphatic carbocycles. The van der Waals surface area contributed by atoms with Crippen LogP contribution in [0.25, 0.3) is 0 Å². The molecule has 2 saturated heterocycles. The maximum absolute atomic E-state index is 11.5. The van der Waals surface area contributed by atoms with Crippen LogP contribution in [0, 0.1) is 0 Å². The number of β-amino-alcohol motifs (C(OH)–C–C–N with tert-alkyl or cyclic N) is 1. The Labute approximate surface area is 115 Å². The van der Waals surface area contributed by atoms with Crippen LogP contribution in [0.3, 0.4) is 0 Å². The van der Waals surface area contributed by atoms with E-state index in [1.807, 2.05) is 6.92 Å². The molecule has 1 N–H and O–H groups in total. The zero-order valence-corrected chi connectivity index (χ0v) is 11.9. The largest absolute Gasteiger partial charge is 0.390 e. The normalized spacial score (nSPS) is 24.1. The Bertz CT molecular complexity index is 290. The fourth-order valence-corrected chi connectivity index (χ4v) is 3.00. The first-order valence-corrected chi connectivity index (χ1v) is 7.49. The highest BCUT2D eigenvalue weighted by molar-refractivity contribution is 5.78. The van der Waals surface area contributed by atoms with E-state index in [-0.39, 0.29) is 5.91 Å². The first-order chi connectivity index (χ1) is 9.19. The molecule has 0 radical (unpaired) electrons. The highest BCUT2D eigenvalue weighted by atomic mass is 16.5. The van der Waals surface area contributed by atoms with Crippen molar-refractivity contribution in [3.05, 3.63) is 0 Å². The van der Waals surface area contributed by atoms with Crippen LogP contribution in [0.4, 0.5) is 0 Å². The minimum Gasteiger partial charge on any atom is -0.390 e. The summed E-state index contributed by atoms with van der Waals surface area (Å²) in [6.07, 6.45) is 3.63. The molecule has 2 heterocycles. The number of hydrogen-bond acceptors (Lipinski definition) is 4. The summed E-state index contributed by atoms with van der Waals surface area (Å²) in [4.78, 5) is 15.6. The van der Waals surface area contributed by atoms with E-state index in [2.05, 4.69) is 4.90 Å². The third kappa shape index (κ3) is 4.44. The number of rotatable bonds is 6. The highest BCUT2D eigenvalue weighted by Crippen LogP contribution is 2.15. The van der Waals surface area contributed by atoms with Gasteiger partial charge in [-0.25, -0.2) is 0 Å². The molecule has 0 saturated carbocycles. The second kappa shape index (κ2) is 7.22. The average molecular weight is 270 g/mol. The zero-order chi connectivity index (χ0) is 13.7. The van der Waals surface area contributed by atoms with Crippen molar-refractivity contribution in [3.8, 4) is 0 Å². The lowest BCUT2D eigenvalue weighted by Gasteiger charge is -2.33. The summed E-state index contributed by atoms with van der Waals surface area (Å²) in [6, 6.07) is 0. The molecular formula is C14H26N2O3. The number of piperidine rings is 1. The van der Waals surface area contributed by atoms with E-state index in [4.69, 9.17) is 4.74 Å². The molecule has 2 aliphatic heterocycles. The number of likely N-dealkylation sites (tertiary alicyclic amines) is 2. The molecule has 1 amide bonds. The summed E-state index contributed by atoms with van der Waals surface area (Å²) < 4.78 is 5.62. The van der Waals surface area contributed by atoms with Crippen LogP contribution in [-0.2, 0) is 9.53 Å². The van der Waals surface area contributed by atoms with Gasteiger partial charge in [0.05, 0.1) is 12.2 Å². The Hall–Kier alpha value is -0.650. The lowest BCUT2D eigenvalue weighted by Crippen LogP contribution is -2.44. The van der Waals surface area contributed by atoms with Crippen molar-refractivity contribution in [1.29, 1.82) is 0 Å². The highest BCUT2D eigenvalue weighted by Gasteiger charge is 2.25. The molecule has 110 valence electrons. The molecule has 5 heteroatoms. The molecule has 1 atom stereocenters. The van der Waals surface area contributed by atoms with Crippen LogP contribution in [-0.4, -0.2) is 72.4 Å². The van der Waals surface area contributed by atoms with Crippen molar-refractivity contribution in [2.24, 2.45) is 0 Å². The van der Waals surface area contributed by atoms with E-state index in [1.165, 1.54) is 0 Å². The molecule has 1 unspecified atom stereocenters. The Morgan fingerprint density at radius 2 is 2.05 bits per heavy atom. The lowest BCUT2D eigenvalue weighted by atomic mass is 10.1. The van der Waals surface area contributed by atoms with Crippen molar-refractivity contribution < 1.29 is 14.6 Å². The quantitative estimate of drug-likeness (QED) is 0.762. The van der Waals surface area contributed by atoms with Gasteiger partial charge in [0.15, 0.2) is 0 Å². The van der Waals surface area contributed by atoms with Gasteiger partial charge in [0, 0.05) is 45.8 Å². The van der Waals surface area contributed by atoms with Crippen molar-refractivity contribution in [2.75, 3.05) is 39.3 Å². The monoisotopic (exact) mass is 270 g/mol. The molecule has 2 aliphatic rings. The summed E-state index contributed by atoms with van der Waals surface area (Å²) in [7, 11) is 0. The molecule has 0 aromatic carbocycles. The summed E-state index contributed by atoms with van der Waals surface area (Å²) in [5.41, 5.74) is 0. The second-order valence-corrected chi connectivity index (χ2v) is 5.55. The molecule has 2 rings (SSSR count). The first-order valence-electron chi connectivity index (χ1n) is 7.49. The minimum atomic E-state index is -0.425. The molecular weight excluding hydrogens is 244 g/mol. The molecule has 0 spiro atoms. The van der Waals surface area contributed by atoms with Crippen LogP contribution in [0.2, 0.25) is 0 Å². The van der Waals surface area contributed by atoms with Crippen LogP contribution >= 0.6 is 0 Å². The van der Waals surface area contributed by atoms with Gasteiger partial charge in [-0.15, -0.1) is 0 Å². The number of ether oxygens (including phenoxy) is 1. The Balaban J connectivity index is 1.66. The van der Waals surface area contributed by atoms with E-state index in [0.29, 0.717) is 25.6 Å². The van der Waals surface area contributed by atoms with Gasteiger partial charge in [0.2, 0.25) is 5.91 Å². The Kier molecular flexibility index (Phi) is 5.60. The number of hydrogen-bond donors (Lipinski definition) is 1. The Morgan fingerprint density at radius 1 is 1.32 bits per heavy atom. The Morgan fingerprint density at radius 3 is 2.63 bits per heavy atom. The van der Waals surface area contributed by atoms with Crippen molar-refractivity contribution in [2.45, 2.75) is 44.8 Å². The first kappa shape index (κ1) is 14.8. The van der Waals surface area contributed by atoms with E-state index in [9.17, 15) is 9.90 Å². The van der Waals surface area contributed by atoms with Crippen LogP contribution in [0.5, 0.6) is 0 Å². The van der Waals surface area contributed by atoms with Crippen molar-refractivity contribution >= 4 is 5.91 Å². The predicted molar refractivity (Wildman–Crippen MR) is 72.9 cm³/mol. The van der Waals surface area contributed by atoms with E-state index in [0.717, 1.165) is 45.5 Å². The summed E-state index contributed by atoms with van der Waals surface area (Å²) >= 11 is 0. The number of carbonyl (C=O) groups is 1. The van der Waals surface area contributed by atoms with Crippen LogP contribution < -0.4 is 0 Å². The minimum absolute atomic E-state index is 0.189. The number of amides is 1. The van der Waals surface area contributed by atoms with Crippen LogP contribution in [0.15, 0.2) is 0 Å². The standard InChI is InChI=1S/C14H26N2O3/c1-2-19-13-5-8-15(9-6-13)10-12(17)11-16-7-3-4-14(16)18/h12-13,17H,2-11H2,1H3. The smallest absolute Gasteiger partial charge is 0.222 e. The molecule has 0 aromatic rings. The van der Waals surface area contributed by atoms with Gasteiger partial charge < -0.3 is 19.6 Å². The molecule has 0 aromatic heterocycles. The van der Waals surface area contributed by atoms with E-state index >= 15 is 0 Å². The zero-order valence-electron chi connectivity index (χ0n) is 11.9. The second-order valence-electron chi connectivity index (χ2n) is 5.55. The van der Waals surface area contributed by atoms with Gasteiger partial charge in [0.1, 0.15) is 0 Å². The van der Waals surface area contributed by atoms with Crippen LogP contribution in [0.1, 0.15) is 32.6 Å². The van der Waals surface area contributed by atoms with Gasteiger partial charge in [-0.05, 0) is 26.2 Å². The number of carbonyl (C=O) groups excluding carboxylic acids is 1. The number of aliphatic hydroxyl groups excluding tert-OH is 1. The van der Waals surface area contributed by atoms with Gasteiger partial charge in [-0.2, -0.15) is 0 Å². The number of nitrogens with zero attached hydrogens (tertiary/aromatic N) is 2. The van der Waals surface area contributed by atoms with Gasteiger partial charge in [0.25, 0.3) is 0 Å². The fraction of sp³-hybridized carbons (Fsp3) is 0.929. The van der Waals surface area contributed by atoms with E-state index < -0.39 is 6.10 Å². The SMILES string of the molecule is CCOC1CCN(CC(O)CN2CCCC2=O)CC1. The maximum Gasteiger partial charge on any atom is 0.222 e. The predicted octanol–water partition coefficient (Wildman–Crippen LogP) is 0.471. The maximum atomic E-state index is 11.5. The summed E-state index contributed by atoms with van der Waals surface area (Å²) in [6.45, 7) is 6.74. The molecule has 19 heavy (non-hydrogen) atoms. The van der Waals surface area contributed by atoms with Gasteiger partial charge >= 0.3 is 0 Å². The fourth-order valence-electron chi connectivity index (χ4n) is 3.00. The van der Waals surface area contributed by atoms with Gasteiger partial charge in [-0.1, -0.05) is 0 Å². The third-order valence-electron chi connectivity index (χ3n) is 4.01. The topological polar surface area (TPSA) is 53.0 Å². The average Bonchev–Trinajstić information content (AvgIpc) is 2.78. The lowest BCUT2D eigenvalue weighted by molar-refractivity contribution is -0.129. The van der Waals surface area contributed by atoms with Crippen molar-refractivity contribution in [1.82, 2.24) is 9.80 Å². The van der Waals surface area contributed by atoms with E-state index in [1.54, 1.807) is 4.90 Å². The molecule has 2 fully saturated rings. The van der Waals surface area contributed by atoms with Crippen molar-refractivity contribution in [3.63, 3.8) is 0 Å². The summed E-state index contributed by atoms with van der Waals surface area (Å²) in [5.74, 6) is 0.189. The summed E-state index contributed by atoms with van der Waals surface area (Å²) in [5, 5.41) is 10.1.